The third-order valence-corrected chi connectivity index (χ3v) is 4.57. The van der Waals surface area contributed by atoms with Crippen LogP contribution in [-0.4, -0.2) is 35.8 Å². The molecule has 0 aromatic carbocycles. The molecule has 0 amide bonds. The number of hydrogen-bond donors (Lipinski definition) is 2. The van der Waals surface area contributed by atoms with Crippen LogP contribution in [0.4, 0.5) is 20.4 Å². The maximum absolute atomic E-state index is 14.0. The van der Waals surface area contributed by atoms with E-state index in [1.54, 1.807) is 0 Å². The van der Waals surface area contributed by atoms with Gasteiger partial charge in [0.05, 0.1) is 6.10 Å². The van der Waals surface area contributed by atoms with Gasteiger partial charge in [0.25, 0.3) is 0 Å². The van der Waals surface area contributed by atoms with E-state index in [0.717, 1.165) is 25.3 Å². The lowest BCUT2D eigenvalue weighted by molar-refractivity contribution is 0.133. The van der Waals surface area contributed by atoms with Crippen molar-refractivity contribution in [2.75, 3.05) is 29.9 Å². The number of nitrogens with one attached hydrogen (secondary N) is 1. The first-order valence-electron chi connectivity index (χ1n) is 7.63. The van der Waals surface area contributed by atoms with Crippen LogP contribution < -0.4 is 10.2 Å². The van der Waals surface area contributed by atoms with Gasteiger partial charge in [0.15, 0.2) is 23.3 Å². The highest BCUT2D eigenvalue weighted by molar-refractivity contribution is 5.50. The van der Waals surface area contributed by atoms with E-state index >= 15 is 0 Å². The Bertz CT molecular complexity index is 526. The average Bonchev–Trinajstić information content (AvgIpc) is 3.01. The molecular formula is C15H21F2N3O. The Morgan fingerprint density at radius 2 is 2.14 bits per heavy atom. The Kier molecular flexibility index (Phi) is 3.97. The summed E-state index contributed by atoms with van der Waals surface area (Å²) < 4.78 is 27.8. The van der Waals surface area contributed by atoms with Crippen molar-refractivity contribution >= 4 is 11.6 Å². The standard InChI is InChI=1S/C15H21F2N3O/c1-2-5-18-14-11(16)6-12(17)15(19-14)20-7-9-3-4-13(21)10(9)8-20/h6,9-10,13,21H,2-5,7-8H2,1H3,(H,18,19). The Hall–Kier alpha value is -1.43. The molecule has 3 rings (SSSR count). The molecule has 1 aliphatic heterocycles. The molecule has 4 nitrogen and oxygen atoms in total. The van der Waals surface area contributed by atoms with Crippen LogP contribution in [-0.2, 0) is 0 Å². The lowest BCUT2D eigenvalue weighted by Crippen LogP contribution is -2.26. The van der Waals surface area contributed by atoms with Crippen molar-refractivity contribution in [1.29, 1.82) is 0 Å². The second-order valence-corrected chi connectivity index (χ2v) is 6.02. The fourth-order valence-electron chi connectivity index (χ4n) is 3.46. The van der Waals surface area contributed by atoms with E-state index < -0.39 is 11.6 Å². The van der Waals surface area contributed by atoms with Crippen LogP contribution in [0.3, 0.4) is 0 Å². The highest BCUT2D eigenvalue weighted by Crippen LogP contribution is 2.40. The van der Waals surface area contributed by atoms with Gasteiger partial charge in [-0.1, -0.05) is 6.92 Å². The van der Waals surface area contributed by atoms with Crippen LogP contribution in [0.5, 0.6) is 0 Å². The number of fused-ring (bicyclic) bond motifs is 1. The second kappa shape index (κ2) is 5.75. The van der Waals surface area contributed by atoms with E-state index in [9.17, 15) is 13.9 Å². The lowest BCUT2D eigenvalue weighted by atomic mass is 10.00. The maximum atomic E-state index is 14.0. The molecule has 0 spiro atoms. The first-order chi connectivity index (χ1) is 10.1. The van der Waals surface area contributed by atoms with Crippen LogP contribution in [0.15, 0.2) is 6.07 Å². The molecule has 3 atom stereocenters. The van der Waals surface area contributed by atoms with Gasteiger partial charge in [-0.3, -0.25) is 0 Å². The van der Waals surface area contributed by atoms with E-state index in [-0.39, 0.29) is 23.7 Å². The van der Waals surface area contributed by atoms with Crippen molar-refractivity contribution in [2.45, 2.75) is 32.3 Å². The molecule has 3 unspecified atom stereocenters. The summed E-state index contributed by atoms with van der Waals surface area (Å²) in [6, 6.07) is 0.894. The molecule has 21 heavy (non-hydrogen) atoms. The number of aliphatic hydroxyl groups is 1. The number of hydrogen-bond acceptors (Lipinski definition) is 4. The summed E-state index contributed by atoms with van der Waals surface area (Å²) in [6.07, 6.45) is 2.33. The second-order valence-electron chi connectivity index (χ2n) is 6.02. The molecule has 1 aliphatic carbocycles. The number of pyridine rings is 1. The number of halogens is 2. The van der Waals surface area contributed by atoms with E-state index in [1.165, 1.54) is 0 Å². The molecule has 1 aromatic rings. The molecule has 1 aromatic heterocycles. The minimum atomic E-state index is -0.663. The zero-order valence-corrected chi connectivity index (χ0v) is 12.1. The number of aliphatic hydroxyl groups excluding tert-OH is 1. The van der Waals surface area contributed by atoms with Gasteiger partial charge in [-0.05, 0) is 25.2 Å². The van der Waals surface area contributed by atoms with Gasteiger partial charge in [-0.15, -0.1) is 0 Å². The van der Waals surface area contributed by atoms with Gasteiger partial charge in [-0.2, -0.15) is 0 Å². The average molecular weight is 297 g/mol. The normalized spacial score (nSPS) is 28.0. The summed E-state index contributed by atoms with van der Waals surface area (Å²) >= 11 is 0. The van der Waals surface area contributed by atoms with Gasteiger partial charge in [0.1, 0.15) is 0 Å². The Balaban J connectivity index is 1.82. The van der Waals surface area contributed by atoms with Gasteiger partial charge < -0.3 is 15.3 Å². The molecular weight excluding hydrogens is 276 g/mol. The van der Waals surface area contributed by atoms with E-state index in [1.807, 2.05) is 11.8 Å². The van der Waals surface area contributed by atoms with Crippen LogP contribution >= 0.6 is 0 Å². The van der Waals surface area contributed by atoms with Crippen LogP contribution in [0, 0.1) is 23.5 Å². The van der Waals surface area contributed by atoms with E-state index in [0.29, 0.717) is 25.6 Å². The number of rotatable bonds is 4. The molecule has 1 saturated carbocycles. The summed E-state index contributed by atoms with van der Waals surface area (Å²) in [6.45, 7) is 3.84. The van der Waals surface area contributed by atoms with Crippen LogP contribution in [0.25, 0.3) is 0 Å². The summed E-state index contributed by atoms with van der Waals surface area (Å²) in [5.74, 6) is -0.433. The van der Waals surface area contributed by atoms with Gasteiger partial charge in [0, 0.05) is 31.6 Å². The molecule has 2 heterocycles. The zero-order valence-electron chi connectivity index (χ0n) is 12.1. The van der Waals surface area contributed by atoms with E-state index in [2.05, 4.69) is 10.3 Å². The summed E-state index contributed by atoms with van der Waals surface area (Å²) in [5.41, 5.74) is 0. The van der Waals surface area contributed by atoms with Crippen molar-refractivity contribution in [3.8, 4) is 0 Å². The largest absolute Gasteiger partial charge is 0.393 e. The topological polar surface area (TPSA) is 48.4 Å². The first-order valence-corrected chi connectivity index (χ1v) is 7.63. The smallest absolute Gasteiger partial charge is 0.168 e. The quantitative estimate of drug-likeness (QED) is 0.896. The minimum absolute atomic E-state index is 0.103. The third kappa shape index (κ3) is 2.69. The molecule has 0 bridgehead atoms. The predicted octanol–water partition coefficient (Wildman–Crippen LogP) is 2.39. The molecule has 2 fully saturated rings. The van der Waals surface area contributed by atoms with E-state index in [4.69, 9.17) is 0 Å². The number of nitrogens with zero attached hydrogens (tertiary/aromatic N) is 2. The van der Waals surface area contributed by atoms with Crippen LogP contribution in [0.1, 0.15) is 26.2 Å². The highest BCUT2D eigenvalue weighted by Gasteiger charge is 2.42. The van der Waals surface area contributed by atoms with Gasteiger partial charge in [-0.25, -0.2) is 13.8 Å². The molecule has 2 N–H and O–H groups in total. The number of aromatic nitrogens is 1. The summed E-state index contributed by atoms with van der Waals surface area (Å²) in [4.78, 5) is 5.96. The summed E-state index contributed by atoms with van der Waals surface area (Å²) in [7, 11) is 0. The predicted molar refractivity (Wildman–Crippen MR) is 77.4 cm³/mol. The van der Waals surface area contributed by atoms with Crippen molar-refractivity contribution in [3.63, 3.8) is 0 Å². The van der Waals surface area contributed by atoms with Crippen molar-refractivity contribution in [2.24, 2.45) is 11.8 Å². The molecule has 116 valence electrons. The van der Waals surface area contributed by atoms with Crippen molar-refractivity contribution in [1.82, 2.24) is 4.98 Å². The zero-order chi connectivity index (χ0) is 15.0. The molecule has 0 radical (unpaired) electrons. The third-order valence-electron chi connectivity index (χ3n) is 4.57. The van der Waals surface area contributed by atoms with Gasteiger partial charge >= 0.3 is 0 Å². The SMILES string of the molecule is CCCNc1nc(N2CC3CCC(O)C3C2)c(F)cc1F. The molecule has 2 aliphatic rings. The lowest BCUT2D eigenvalue weighted by Gasteiger charge is -2.21. The van der Waals surface area contributed by atoms with Crippen molar-refractivity contribution < 1.29 is 13.9 Å². The highest BCUT2D eigenvalue weighted by atomic mass is 19.1. The molecule has 1 saturated heterocycles. The van der Waals surface area contributed by atoms with Crippen molar-refractivity contribution in [3.05, 3.63) is 17.7 Å². The first kappa shape index (κ1) is 14.5. The maximum Gasteiger partial charge on any atom is 0.168 e. The minimum Gasteiger partial charge on any atom is -0.393 e. The summed E-state index contributed by atoms with van der Waals surface area (Å²) in [5, 5.41) is 12.8. The molecule has 6 heteroatoms. The monoisotopic (exact) mass is 297 g/mol. The fraction of sp³-hybridized carbons (Fsp3) is 0.667. The Labute approximate surface area is 123 Å². The van der Waals surface area contributed by atoms with Gasteiger partial charge in [0.2, 0.25) is 0 Å². The Morgan fingerprint density at radius 1 is 1.33 bits per heavy atom. The fourth-order valence-corrected chi connectivity index (χ4v) is 3.46. The number of anilines is 2. The Morgan fingerprint density at radius 3 is 2.86 bits per heavy atom. The van der Waals surface area contributed by atoms with Crippen LogP contribution in [0.2, 0.25) is 0 Å².